The SMILES string of the molecule is Cc1ccc2c(c1)[C@@](O)(CC(=O)c1ccc(NC(=O)C3CC3)cc1)C(=O)N2. The number of Topliss-reactive ketones (excluding diaryl/α,β-unsaturated/α-hetero) is 1. The topological polar surface area (TPSA) is 95.5 Å². The summed E-state index contributed by atoms with van der Waals surface area (Å²) in [6.45, 7) is 1.86. The summed E-state index contributed by atoms with van der Waals surface area (Å²) in [7, 11) is 0. The Labute approximate surface area is 156 Å². The third kappa shape index (κ3) is 3.24. The number of rotatable bonds is 5. The van der Waals surface area contributed by atoms with Crippen LogP contribution in [0.3, 0.4) is 0 Å². The van der Waals surface area contributed by atoms with Crippen molar-refractivity contribution in [2.45, 2.75) is 31.8 Å². The maximum Gasteiger partial charge on any atom is 0.261 e. The fourth-order valence-corrected chi connectivity index (χ4v) is 3.30. The van der Waals surface area contributed by atoms with E-state index < -0.39 is 11.5 Å². The van der Waals surface area contributed by atoms with E-state index in [9.17, 15) is 19.5 Å². The summed E-state index contributed by atoms with van der Waals surface area (Å²) in [6, 6.07) is 11.8. The molecule has 2 aromatic carbocycles. The second-order valence-electron chi connectivity index (χ2n) is 7.30. The number of aliphatic hydroxyl groups is 1. The van der Waals surface area contributed by atoms with E-state index in [0.29, 0.717) is 22.5 Å². The van der Waals surface area contributed by atoms with Crippen molar-refractivity contribution in [3.8, 4) is 0 Å². The highest BCUT2D eigenvalue weighted by Gasteiger charge is 2.46. The minimum Gasteiger partial charge on any atom is -0.375 e. The number of benzene rings is 2. The third-order valence-electron chi connectivity index (χ3n) is 5.08. The van der Waals surface area contributed by atoms with Crippen molar-refractivity contribution in [3.05, 3.63) is 59.2 Å². The van der Waals surface area contributed by atoms with Crippen LogP contribution < -0.4 is 10.6 Å². The lowest BCUT2D eigenvalue weighted by Crippen LogP contribution is -2.36. The van der Waals surface area contributed by atoms with Crippen molar-refractivity contribution >= 4 is 29.0 Å². The number of carbonyl (C=O) groups is 3. The second-order valence-corrected chi connectivity index (χ2v) is 7.30. The second kappa shape index (κ2) is 6.32. The minimum atomic E-state index is -1.88. The molecule has 1 saturated carbocycles. The molecule has 1 aliphatic carbocycles. The van der Waals surface area contributed by atoms with Gasteiger partial charge in [-0.1, -0.05) is 17.7 Å². The molecule has 0 unspecified atom stereocenters. The Balaban J connectivity index is 1.51. The predicted molar refractivity (Wildman–Crippen MR) is 100 cm³/mol. The van der Waals surface area contributed by atoms with E-state index in [4.69, 9.17) is 0 Å². The first-order chi connectivity index (χ1) is 12.9. The summed E-state index contributed by atoms with van der Waals surface area (Å²) in [6.07, 6.45) is 1.50. The molecule has 6 nitrogen and oxygen atoms in total. The molecule has 0 radical (unpaired) electrons. The first kappa shape index (κ1) is 17.4. The van der Waals surface area contributed by atoms with Gasteiger partial charge in [-0.25, -0.2) is 0 Å². The number of hydrogen-bond acceptors (Lipinski definition) is 4. The van der Waals surface area contributed by atoms with Crippen LogP contribution in [0.1, 0.15) is 40.7 Å². The Kier molecular flexibility index (Phi) is 4.08. The first-order valence-corrected chi connectivity index (χ1v) is 8.96. The highest BCUT2D eigenvalue weighted by atomic mass is 16.3. The van der Waals surface area contributed by atoms with Gasteiger partial charge in [0, 0.05) is 28.4 Å². The number of hydrogen-bond donors (Lipinski definition) is 3. The van der Waals surface area contributed by atoms with E-state index in [1.165, 1.54) is 0 Å². The van der Waals surface area contributed by atoms with Gasteiger partial charge in [0.05, 0.1) is 6.42 Å². The van der Waals surface area contributed by atoms with Gasteiger partial charge in [0.15, 0.2) is 11.4 Å². The van der Waals surface area contributed by atoms with Gasteiger partial charge in [0.25, 0.3) is 5.91 Å². The minimum absolute atomic E-state index is 0.00186. The molecule has 0 spiro atoms. The van der Waals surface area contributed by atoms with Crippen molar-refractivity contribution < 1.29 is 19.5 Å². The normalized spacial score (nSPS) is 20.7. The lowest BCUT2D eigenvalue weighted by Gasteiger charge is -2.20. The van der Waals surface area contributed by atoms with Gasteiger partial charge in [0.1, 0.15) is 0 Å². The maximum absolute atomic E-state index is 12.7. The molecule has 0 bridgehead atoms. The van der Waals surface area contributed by atoms with Crippen molar-refractivity contribution in [1.82, 2.24) is 0 Å². The summed E-state index contributed by atoms with van der Waals surface area (Å²) < 4.78 is 0. The standard InChI is InChI=1S/C21H20N2O4/c1-12-2-9-17-16(10-12)21(27,20(26)23-17)11-18(24)13-5-7-15(8-6-13)22-19(25)14-3-4-14/h2,5-10,14,27H,3-4,11H2,1H3,(H,22,25)(H,23,26)/t21-/m0/s1. The molecular weight excluding hydrogens is 344 g/mol. The van der Waals surface area contributed by atoms with E-state index >= 15 is 0 Å². The van der Waals surface area contributed by atoms with Gasteiger partial charge in [-0.15, -0.1) is 0 Å². The molecule has 3 N–H and O–H groups in total. The predicted octanol–water partition coefficient (Wildman–Crippen LogP) is 2.76. The summed E-state index contributed by atoms with van der Waals surface area (Å²) in [5, 5.41) is 16.4. The quantitative estimate of drug-likeness (QED) is 0.711. The number of amides is 2. The van der Waals surface area contributed by atoms with Crippen LogP contribution in [0.2, 0.25) is 0 Å². The van der Waals surface area contributed by atoms with Crippen LogP contribution in [0.15, 0.2) is 42.5 Å². The number of carbonyl (C=O) groups excluding carboxylic acids is 3. The summed E-state index contributed by atoms with van der Waals surface area (Å²) in [4.78, 5) is 36.8. The fourth-order valence-electron chi connectivity index (χ4n) is 3.30. The molecule has 138 valence electrons. The zero-order valence-corrected chi connectivity index (χ0v) is 14.9. The lowest BCUT2D eigenvalue weighted by molar-refractivity contribution is -0.133. The molecule has 4 rings (SSSR count). The third-order valence-corrected chi connectivity index (χ3v) is 5.08. The van der Waals surface area contributed by atoms with Crippen LogP contribution in [0.25, 0.3) is 0 Å². The Morgan fingerprint density at radius 2 is 1.89 bits per heavy atom. The molecule has 1 fully saturated rings. The fraction of sp³-hybridized carbons (Fsp3) is 0.286. The van der Waals surface area contributed by atoms with E-state index in [1.807, 2.05) is 13.0 Å². The van der Waals surface area contributed by atoms with Crippen LogP contribution in [-0.2, 0) is 15.2 Å². The Morgan fingerprint density at radius 1 is 1.19 bits per heavy atom. The highest BCUT2D eigenvalue weighted by Crippen LogP contribution is 2.39. The van der Waals surface area contributed by atoms with Gasteiger partial charge in [-0.05, 0) is 50.1 Å². The Bertz CT molecular complexity index is 947. The zero-order chi connectivity index (χ0) is 19.2. The molecular formula is C21H20N2O4. The molecule has 2 amide bonds. The van der Waals surface area contributed by atoms with Crippen LogP contribution >= 0.6 is 0 Å². The monoisotopic (exact) mass is 364 g/mol. The average Bonchev–Trinajstić information content (AvgIpc) is 3.45. The number of aryl methyl sites for hydroxylation is 1. The van der Waals surface area contributed by atoms with Crippen molar-refractivity contribution in [3.63, 3.8) is 0 Å². The highest BCUT2D eigenvalue weighted by molar-refractivity contribution is 6.09. The number of fused-ring (bicyclic) bond motifs is 1. The van der Waals surface area contributed by atoms with Crippen LogP contribution in [0.4, 0.5) is 11.4 Å². The van der Waals surface area contributed by atoms with Gasteiger partial charge in [-0.3, -0.25) is 14.4 Å². The van der Waals surface area contributed by atoms with Crippen molar-refractivity contribution in [1.29, 1.82) is 0 Å². The van der Waals surface area contributed by atoms with E-state index in [1.54, 1.807) is 36.4 Å². The van der Waals surface area contributed by atoms with E-state index in [-0.39, 0.29) is 24.0 Å². The number of anilines is 2. The van der Waals surface area contributed by atoms with E-state index in [0.717, 1.165) is 18.4 Å². The largest absolute Gasteiger partial charge is 0.375 e. The molecule has 6 heteroatoms. The van der Waals surface area contributed by atoms with Crippen LogP contribution in [-0.4, -0.2) is 22.7 Å². The maximum atomic E-state index is 12.7. The molecule has 27 heavy (non-hydrogen) atoms. The molecule has 1 heterocycles. The Morgan fingerprint density at radius 3 is 2.56 bits per heavy atom. The van der Waals surface area contributed by atoms with Crippen molar-refractivity contribution in [2.75, 3.05) is 10.6 Å². The molecule has 2 aliphatic rings. The molecule has 2 aromatic rings. The average molecular weight is 364 g/mol. The summed E-state index contributed by atoms with van der Waals surface area (Å²) in [5.74, 6) is -0.838. The number of nitrogens with one attached hydrogen (secondary N) is 2. The van der Waals surface area contributed by atoms with Gasteiger partial charge >= 0.3 is 0 Å². The molecule has 0 saturated heterocycles. The zero-order valence-electron chi connectivity index (χ0n) is 14.9. The summed E-state index contributed by atoms with van der Waals surface area (Å²) in [5.41, 5.74) is 0.973. The van der Waals surface area contributed by atoms with E-state index in [2.05, 4.69) is 10.6 Å². The van der Waals surface area contributed by atoms with Crippen LogP contribution in [0, 0.1) is 12.8 Å². The molecule has 0 aromatic heterocycles. The van der Waals surface area contributed by atoms with Crippen LogP contribution in [0.5, 0.6) is 0 Å². The molecule has 1 aliphatic heterocycles. The summed E-state index contributed by atoms with van der Waals surface area (Å²) >= 11 is 0. The Hall–Kier alpha value is -2.99. The van der Waals surface area contributed by atoms with Gasteiger partial charge < -0.3 is 15.7 Å². The lowest BCUT2D eigenvalue weighted by atomic mass is 9.87. The van der Waals surface area contributed by atoms with Crippen molar-refractivity contribution in [2.24, 2.45) is 5.92 Å². The first-order valence-electron chi connectivity index (χ1n) is 8.96. The number of ketones is 1. The van der Waals surface area contributed by atoms with Gasteiger partial charge in [-0.2, -0.15) is 0 Å². The van der Waals surface area contributed by atoms with Gasteiger partial charge in [0.2, 0.25) is 5.91 Å². The smallest absolute Gasteiger partial charge is 0.261 e. The molecule has 1 atom stereocenters.